The van der Waals surface area contributed by atoms with E-state index in [1.807, 2.05) is 6.07 Å². The molecule has 0 spiro atoms. The minimum Gasteiger partial charge on any atom is -0.386 e. The molecule has 2 heterocycles. The Labute approximate surface area is 118 Å². The standard InChI is InChI=1S/C14H21ClO2S/c1-4-5-14(7-9(2)3)13-10(6-12(15)18-13)11(16)8-17-14/h6,9,11,16H,4-5,7-8H2,1-3H3/t11-,14-/m1/s1. The van der Waals surface area contributed by atoms with Crippen LogP contribution in [0.5, 0.6) is 0 Å². The van der Waals surface area contributed by atoms with Gasteiger partial charge in [-0.1, -0.05) is 38.8 Å². The highest BCUT2D eigenvalue weighted by Gasteiger charge is 2.42. The summed E-state index contributed by atoms with van der Waals surface area (Å²) in [6.07, 6.45) is 2.51. The number of halogens is 1. The lowest BCUT2D eigenvalue weighted by atomic mass is 9.82. The third-order valence-corrected chi connectivity index (χ3v) is 4.88. The molecule has 0 fully saturated rings. The van der Waals surface area contributed by atoms with E-state index in [-0.39, 0.29) is 5.60 Å². The van der Waals surface area contributed by atoms with E-state index < -0.39 is 6.10 Å². The van der Waals surface area contributed by atoms with Crippen LogP contribution in [0.15, 0.2) is 6.07 Å². The van der Waals surface area contributed by atoms with Crippen molar-refractivity contribution in [3.63, 3.8) is 0 Å². The lowest BCUT2D eigenvalue weighted by Crippen LogP contribution is -2.37. The van der Waals surface area contributed by atoms with Crippen LogP contribution in [-0.4, -0.2) is 11.7 Å². The van der Waals surface area contributed by atoms with Gasteiger partial charge in [0.15, 0.2) is 0 Å². The van der Waals surface area contributed by atoms with Gasteiger partial charge >= 0.3 is 0 Å². The van der Waals surface area contributed by atoms with Crippen LogP contribution in [0.3, 0.4) is 0 Å². The maximum Gasteiger partial charge on any atom is 0.104 e. The fourth-order valence-corrected chi connectivity index (χ4v) is 4.35. The van der Waals surface area contributed by atoms with E-state index in [9.17, 15) is 5.11 Å². The Kier molecular flexibility index (Phi) is 4.37. The average Bonchev–Trinajstić information content (AvgIpc) is 2.67. The van der Waals surface area contributed by atoms with Crippen LogP contribution in [0.25, 0.3) is 0 Å². The molecule has 2 rings (SSSR count). The van der Waals surface area contributed by atoms with Crippen molar-refractivity contribution in [2.75, 3.05) is 6.61 Å². The molecule has 1 aromatic rings. The molecule has 0 amide bonds. The van der Waals surface area contributed by atoms with Gasteiger partial charge in [-0.25, -0.2) is 0 Å². The monoisotopic (exact) mass is 288 g/mol. The minimum absolute atomic E-state index is 0.241. The van der Waals surface area contributed by atoms with Crippen molar-refractivity contribution in [3.8, 4) is 0 Å². The molecule has 1 aliphatic heterocycles. The molecule has 0 saturated heterocycles. The Bertz CT molecular complexity index is 416. The minimum atomic E-state index is -0.527. The molecule has 0 unspecified atom stereocenters. The van der Waals surface area contributed by atoms with Crippen LogP contribution >= 0.6 is 22.9 Å². The number of hydrogen-bond donors (Lipinski definition) is 1. The number of aliphatic hydroxyl groups is 1. The summed E-state index contributed by atoms with van der Waals surface area (Å²) >= 11 is 7.70. The first-order valence-corrected chi connectivity index (χ1v) is 7.79. The Balaban J connectivity index is 2.44. The second-order valence-corrected chi connectivity index (χ2v) is 7.19. The van der Waals surface area contributed by atoms with E-state index in [1.165, 1.54) is 0 Å². The normalized spacial score (nSPS) is 27.6. The summed E-state index contributed by atoms with van der Waals surface area (Å²) in [5.41, 5.74) is 0.736. The molecule has 0 aliphatic carbocycles. The first kappa shape index (κ1) is 14.3. The molecule has 1 aliphatic rings. The van der Waals surface area contributed by atoms with Crippen molar-refractivity contribution in [2.24, 2.45) is 5.92 Å². The lowest BCUT2D eigenvalue weighted by molar-refractivity contribution is -0.116. The highest BCUT2D eigenvalue weighted by atomic mass is 35.5. The van der Waals surface area contributed by atoms with Crippen LogP contribution < -0.4 is 0 Å². The molecule has 0 aromatic carbocycles. The third-order valence-electron chi connectivity index (χ3n) is 3.41. The topological polar surface area (TPSA) is 29.5 Å². The molecule has 18 heavy (non-hydrogen) atoms. The highest BCUT2D eigenvalue weighted by molar-refractivity contribution is 7.16. The smallest absolute Gasteiger partial charge is 0.104 e. The molecular formula is C14H21ClO2S. The molecule has 2 atom stereocenters. The first-order valence-electron chi connectivity index (χ1n) is 6.60. The third kappa shape index (κ3) is 2.60. The molecule has 0 bridgehead atoms. The van der Waals surface area contributed by atoms with Gasteiger partial charge in [0.1, 0.15) is 11.7 Å². The Morgan fingerprint density at radius 1 is 1.61 bits per heavy atom. The molecule has 4 heteroatoms. The zero-order valence-corrected chi connectivity index (χ0v) is 12.8. The quantitative estimate of drug-likeness (QED) is 0.883. The summed E-state index contributed by atoms with van der Waals surface area (Å²) in [7, 11) is 0. The lowest BCUT2D eigenvalue weighted by Gasteiger charge is -2.40. The van der Waals surface area contributed by atoms with E-state index in [4.69, 9.17) is 16.3 Å². The van der Waals surface area contributed by atoms with Gasteiger partial charge in [0.25, 0.3) is 0 Å². The van der Waals surface area contributed by atoms with Crippen LogP contribution in [0.1, 0.15) is 56.6 Å². The van der Waals surface area contributed by atoms with Crippen molar-refractivity contribution in [1.29, 1.82) is 0 Å². The summed E-state index contributed by atoms with van der Waals surface area (Å²) in [6, 6.07) is 1.90. The molecule has 102 valence electrons. The second-order valence-electron chi connectivity index (χ2n) is 5.50. The largest absolute Gasteiger partial charge is 0.386 e. The number of rotatable bonds is 4. The zero-order valence-electron chi connectivity index (χ0n) is 11.2. The SMILES string of the molecule is CCC[C@]1(CC(C)C)OC[C@@H](O)c2cc(Cl)sc21. The maximum atomic E-state index is 10.0. The van der Waals surface area contributed by atoms with Gasteiger partial charge < -0.3 is 9.84 Å². The van der Waals surface area contributed by atoms with Gasteiger partial charge in [0, 0.05) is 10.4 Å². The average molecular weight is 289 g/mol. The van der Waals surface area contributed by atoms with Crippen molar-refractivity contribution >= 4 is 22.9 Å². The molecule has 2 nitrogen and oxygen atoms in total. The van der Waals surface area contributed by atoms with Crippen LogP contribution in [0.4, 0.5) is 0 Å². The molecular weight excluding hydrogens is 268 g/mol. The fraction of sp³-hybridized carbons (Fsp3) is 0.714. The van der Waals surface area contributed by atoms with E-state index in [1.54, 1.807) is 11.3 Å². The highest BCUT2D eigenvalue weighted by Crippen LogP contribution is 2.49. The summed E-state index contributed by atoms with van der Waals surface area (Å²) in [5.74, 6) is 0.556. The van der Waals surface area contributed by atoms with Gasteiger partial charge in [-0.05, 0) is 24.8 Å². The van der Waals surface area contributed by atoms with Gasteiger partial charge in [-0.3, -0.25) is 0 Å². The van der Waals surface area contributed by atoms with Crippen LogP contribution in [0.2, 0.25) is 4.34 Å². The van der Waals surface area contributed by atoms with Gasteiger partial charge in [0.05, 0.1) is 10.9 Å². The van der Waals surface area contributed by atoms with Gasteiger partial charge in [0.2, 0.25) is 0 Å². The van der Waals surface area contributed by atoms with Gasteiger partial charge in [-0.2, -0.15) is 0 Å². The fourth-order valence-electron chi connectivity index (χ4n) is 2.87. The molecule has 1 N–H and O–H groups in total. The number of hydrogen-bond acceptors (Lipinski definition) is 3. The van der Waals surface area contributed by atoms with Crippen molar-refractivity contribution in [2.45, 2.75) is 51.7 Å². The number of aliphatic hydroxyl groups excluding tert-OH is 1. The first-order chi connectivity index (χ1) is 8.48. The Morgan fingerprint density at radius 2 is 2.33 bits per heavy atom. The maximum absolute atomic E-state index is 10.0. The summed E-state index contributed by atoms with van der Waals surface area (Å²) in [6.45, 7) is 6.97. The van der Waals surface area contributed by atoms with Crippen LogP contribution in [-0.2, 0) is 10.3 Å². The predicted molar refractivity (Wildman–Crippen MR) is 76.3 cm³/mol. The second kappa shape index (κ2) is 5.49. The predicted octanol–water partition coefficient (Wildman–Crippen LogP) is 4.51. The van der Waals surface area contributed by atoms with Crippen LogP contribution in [0, 0.1) is 5.92 Å². The van der Waals surface area contributed by atoms with Gasteiger partial charge in [-0.15, -0.1) is 11.3 Å². The number of thiophene rings is 1. The molecule has 0 radical (unpaired) electrons. The summed E-state index contributed by atoms with van der Waals surface area (Å²) in [5, 5.41) is 10.0. The number of fused-ring (bicyclic) bond motifs is 1. The summed E-state index contributed by atoms with van der Waals surface area (Å²) in [4.78, 5) is 1.14. The molecule has 1 aromatic heterocycles. The van der Waals surface area contributed by atoms with E-state index >= 15 is 0 Å². The van der Waals surface area contributed by atoms with Crippen molar-refractivity contribution in [1.82, 2.24) is 0 Å². The van der Waals surface area contributed by atoms with Crippen molar-refractivity contribution in [3.05, 3.63) is 20.8 Å². The van der Waals surface area contributed by atoms with E-state index in [2.05, 4.69) is 20.8 Å². The Hall–Kier alpha value is -0.0900. The zero-order chi connectivity index (χ0) is 13.3. The number of ether oxygens (including phenoxy) is 1. The Morgan fingerprint density at radius 3 is 2.94 bits per heavy atom. The molecule has 0 saturated carbocycles. The summed E-state index contributed by atoms with van der Waals surface area (Å²) < 4.78 is 6.81. The van der Waals surface area contributed by atoms with E-state index in [0.29, 0.717) is 12.5 Å². The van der Waals surface area contributed by atoms with E-state index in [0.717, 1.165) is 34.0 Å². The van der Waals surface area contributed by atoms with Crippen molar-refractivity contribution < 1.29 is 9.84 Å².